The van der Waals surface area contributed by atoms with Crippen LogP contribution in [0.25, 0.3) is 0 Å². The second-order valence-electron chi connectivity index (χ2n) is 4.13. The van der Waals surface area contributed by atoms with Crippen molar-refractivity contribution in [1.82, 2.24) is 0 Å². The number of carbonyl (C=O) groups excluding carboxylic acids is 1. The molecule has 0 saturated heterocycles. The van der Waals surface area contributed by atoms with Crippen LogP contribution >= 0.6 is 15.9 Å². The highest BCUT2D eigenvalue weighted by Crippen LogP contribution is 2.22. The molecule has 0 saturated carbocycles. The molecule has 13 heavy (non-hydrogen) atoms. The minimum absolute atomic E-state index is 0.294. The number of hydrogen-bond donors (Lipinski definition) is 0. The molecule has 0 heterocycles. The predicted molar refractivity (Wildman–Crippen MR) is 55.1 cm³/mol. The van der Waals surface area contributed by atoms with Crippen molar-refractivity contribution >= 4 is 21.9 Å². The molecule has 1 unspecified atom stereocenters. The SMILES string of the molecule is COCC(C)(Br)C(=O)OC(C)(C)C. The van der Waals surface area contributed by atoms with Crippen molar-refractivity contribution in [1.29, 1.82) is 0 Å². The van der Waals surface area contributed by atoms with E-state index in [1.165, 1.54) is 0 Å². The van der Waals surface area contributed by atoms with Gasteiger partial charge in [0.1, 0.15) is 9.93 Å². The van der Waals surface area contributed by atoms with Crippen LogP contribution in [0.3, 0.4) is 0 Å². The molecule has 0 aliphatic heterocycles. The van der Waals surface area contributed by atoms with Gasteiger partial charge < -0.3 is 9.47 Å². The van der Waals surface area contributed by atoms with Gasteiger partial charge in [0.25, 0.3) is 0 Å². The summed E-state index contributed by atoms with van der Waals surface area (Å²) in [6, 6.07) is 0. The van der Waals surface area contributed by atoms with Crippen molar-refractivity contribution in [2.45, 2.75) is 37.6 Å². The highest BCUT2D eigenvalue weighted by molar-refractivity contribution is 9.10. The molecule has 0 aliphatic carbocycles. The van der Waals surface area contributed by atoms with E-state index >= 15 is 0 Å². The van der Waals surface area contributed by atoms with Gasteiger partial charge >= 0.3 is 5.97 Å². The van der Waals surface area contributed by atoms with Crippen LogP contribution in [0.15, 0.2) is 0 Å². The highest BCUT2D eigenvalue weighted by Gasteiger charge is 2.34. The molecule has 0 amide bonds. The smallest absolute Gasteiger partial charge is 0.325 e. The fourth-order valence-corrected chi connectivity index (χ4v) is 1.02. The largest absolute Gasteiger partial charge is 0.459 e. The second-order valence-corrected chi connectivity index (χ2v) is 5.88. The van der Waals surface area contributed by atoms with Crippen LogP contribution < -0.4 is 0 Å². The van der Waals surface area contributed by atoms with Gasteiger partial charge in [0, 0.05) is 7.11 Å². The Kier molecular flexibility index (Phi) is 4.39. The van der Waals surface area contributed by atoms with Gasteiger partial charge in [0.2, 0.25) is 0 Å². The zero-order valence-electron chi connectivity index (χ0n) is 8.81. The maximum absolute atomic E-state index is 11.5. The molecule has 78 valence electrons. The van der Waals surface area contributed by atoms with Crippen molar-refractivity contribution in [3.63, 3.8) is 0 Å². The summed E-state index contributed by atoms with van der Waals surface area (Å²) in [6.45, 7) is 7.52. The summed E-state index contributed by atoms with van der Waals surface area (Å²) in [5.41, 5.74) is -0.458. The molecule has 0 aromatic heterocycles. The van der Waals surface area contributed by atoms with Gasteiger partial charge in [-0.2, -0.15) is 0 Å². The number of hydrogen-bond acceptors (Lipinski definition) is 3. The van der Waals surface area contributed by atoms with Crippen molar-refractivity contribution in [2.24, 2.45) is 0 Å². The molecule has 1 atom stereocenters. The molecule has 0 bridgehead atoms. The summed E-state index contributed by atoms with van der Waals surface area (Å²) in [5.74, 6) is -0.304. The molecular weight excluding hydrogens is 236 g/mol. The molecule has 0 N–H and O–H groups in total. The lowest BCUT2D eigenvalue weighted by atomic mass is 10.1. The summed E-state index contributed by atoms with van der Waals surface area (Å²) in [4.78, 5) is 11.5. The fraction of sp³-hybridized carbons (Fsp3) is 0.889. The summed E-state index contributed by atoms with van der Waals surface area (Å²) in [6.07, 6.45) is 0. The Morgan fingerprint density at radius 1 is 1.31 bits per heavy atom. The first kappa shape index (κ1) is 12.9. The van der Waals surface area contributed by atoms with E-state index in [1.807, 2.05) is 20.8 Å². The van der Waals surface area contributed by atoms with Crippen LogP contribution in [0.2, 0.25) is 0 Å². The van der Waals surface area contributed by atoms with Crippen molar-refractivity contribution < 1.29 is 14.3 Å². The van der Waals surface area contributed by atoms with Gasteiger partial charge in [-0.15, -0.1) is 0 Å². The number of rotatable bonds is 3. The average molecular weight is 253 g/mol. The van der Waals surface area contributed by atoms with Gasteiger partial charge in [0.15, 0.2) is 0 Å². The molecule has 0 radical (unpaired) electrons. The molecule has 4 heteroatoms. The number of halogens is 1. The fourth-order valence-electron chi connectivity index (χ4n) is 0.714. The van der Waals surface area contributed by atoms with Crippen LogP contribution in [0.1, 0.15) is 27.7 Å². The molecule has 0 aliphatic rings. The monoisotopic (exact) mass is 252 g/mol. The molecular formula is C9H17BrO3. The Labute approximate surface area is 87.9 Å². The van der Waals surface area contributed by atoms with E-state index in [1.54, 1.807) is 14.0 Å². The van der Waals surface area contributed by atoms with E-state index < -0.39 is 9.93 Å². The first-order valence-electron chi connectivity index (χ1n) is 4.10. The van der Waals surface area contributed by atoms with Crippen LogP contribution in [-0.4, -0.2) is 29.6 Å². The Morgan fingerprint density at radius 3 is 2.08 bits per heavy atom. The maximum atomic E-state index is 11.5. The second kappa shape index (κ2) is 4.42. The topological polar surface area (TPSA) is 35.5 Å². The first-order valence-corrected chi connectivity index (χ1v) is 4.89. The molecule has 0 fully saturated rings. The van der Waals surface area contributed by atoms with E-state index in [0.717, 1.165) is 0 Å². The summed E-state index contributed by atoms with van der Waals surface area (Å²) in [5, 5.41) is 0. The van der Waals surface area contributed by atoms with Crippen molar-refractivity contribution in [3.05, 3.63) is 0 Å². The van der Waals surface area contributed by atoms with Gasteiger partial charge in [-0.25, -0.2) is 0 Å². The lowest BCUT2D eigenvalue weighted by molar-refractivity contribution is -0.158. The minimum atomic E-state index is -0.755. The van der Waals surface area contributed by atoms with Crippen molar-refractivity contribution in [3.8, 4) is 0 Å². The van der Waals surface area contributed by atoms with E-state index in [2.05, 4.69) is 15.9 Å². The van der Waals surface area contributed by atoms with Crippen molar-refractivity contribution in [2.75, 3.05) is 13.7 Å². The van der Waals surface area contributed by atoms with Gasteiger partial charge in [-0.3, -0.25) is 4.79 Å². The number of methoxy groups -OCH3 is 1. The molecule has 0 aromatic carbocycles. The van der Waals surface area contributed by atoms with Crippen LogP contribution in [0, 0.1) is 0 Å². The van der Waals surface area contributed by atoms with Gasteiger partial charge in [-0.05, 0) is 27.7 Å². The zero-order valence-corrected chi connectivity index (χ0v) is 10.4. The van der Waals surface area contributed by atoms with E-state index in [-0.39, 0.29) is 5.97 Å². The molecule has 0 rings (SSSR count). The van der Waals surface area contributed by atoms with Crippen LogP contribution in [0.5, 0.6) is 0 Å². The minimum Gasteiger partial charge on any atom is -0.459 e. The number of ether oxygens (including phenoxy) is 2. The van der Waals surface area contributed by atoms with E-state index in [4.69, 9.17) is 9.47 Å². The number of esters is 1. The van der Waals surface area contributed by atoms with E-state index in [9.17, 15) is 4.79 Å². The summed E-state index contributed by atoms with van der Waals surface area (Å²) in [7, 11) is 1.55. The average Bonchev–Trinajstić information content (AvgIpc) is 1.82. The van der Waals surface area contributed by atoms with Crippen LogP contribution in [0.4, 0.5) is 0 Å². The zero-order chi connectivity index (χ0) is 10.7. The predicted octanol–water partition coefficient (Wildman–Crippen LogP) is 2.13. The lowest BCUT2D eigenvalue weighted by Gasteiger charge is -2.26. The van der Waals surface area contributed by atoms with Crippen LogP contribution in [-0.2, 0) is 14.3 Å². The standard InChI is InChI=1S/C9H17BrO3/c1-8(2,3)13-7(11)9(4,10)6-12-5/h6H2,1-5H3. The first-order chi connectivity index (χ1) is 5.69. The number of carbonyl (C=O) groups is 1. The Hall–Kier alpha value is -0.0900. The molecule has 0 aromatic rings. The highest BCUT2D eigenvalue weighted by atomic mass is 79.9. The third-order valence-corrected chi connectivity index (χ3v) is 1.79. The molecule has 0 spiro atoms. The Bertz CT molecular complexity index is 182. The number of alkyl halides is 1. The summed E-state index contributed by atoms with van der Waals surface area (Å²) < 4.78 is 9.33. The lowest BCUT2D eigenvalue weighted by Crippen LogP contribution is -2.39. The van der Waals surface area contributed by atoms with Gasteiger partial charge in [0.05, 0.1) is 6.61 Å². The van der Waals surface area contributed by atoms with Gasteiger partial charge in [-0.1, -0.05) is 15.9 Å². The molecule has 3 nitrogen and oxygen atoms in total. The maximum Gasteiger partial charge on any atom is 0.325 e. The normalized spacial score (nSPS) is 16.5. The summed E-state index contributed by atoms with van der Waals surface area (Å²) >= 11 is 3.26. The third-order valence-electron chi connectivity index (χ3n) is 1.24. The quantitative estimate of drug-likeness (QED) is 0.571. The third kappa shape index (κ3) is 5.26. The Morgan fingerprint density at radius 2 is 1.77 bits per heavy atom. The Balaban J connectivity index is 4.25. The van der Waals surface area contributed by atoms with E-state index in [0.29, 0.717) is 6.61 Å².